The molecule has 3 aliphatic rings. The fourth-order valence-corrected chi connectivity index (χ4v) is 3.95. The minimum Gasteiger partial charge on any atom is -0.396 e. The maximum Gasteiger partial charge on any atom is 0.0499 e. The molecule has 0 heterocycles. The van der Waals surface area contributed by atoms with E-state index in [0.717, 1.165) is 17.9 Å². The summed E-state index contributed by atoms with van der Waals surface area (Å²) in [6.45, 7) is 5.27. The van der Waals surface area contributed by atoms with Gasteiger partial charge in [-0.1, -0.05) is 19.8 Å². The molecule has 3 aliphatic carbocycles. The maximum atomic E-state index is 9.93. The molecule has 0 amide bonds. The van der Waals surface area contributed by atoms with Crippen molar-refractivity contribution in [2.45, 2.75) is 64.3 Å². The summed E-state index contributed by atoms with van der Waals surface area (Å²) in [6, 6.07) is 0.867. The smallest absolute Gasteiger partial charge is 0.0499 e. The van der Waals surface area contributed by atoms with Gasteiger partial charge in [-0.15, -0.1) is 0 Å². The molecule has 3 fully saturated rings. The van der Waals surface area contributed by atoms with Crippen molar-refractivity contribution >= 4 is 0 Å². The zero-order valence-electron chi connectivity index (χ0n) is 11.9. The van der Waals surface area contributed by atoms with Crippen molar-refractivity contribution < 1.29 is 5.11 Å². The van der Waals surface area contributed by atoms with E-state index in [1.165, 1.54) is 64.5 Å². The summed E-state index contributed by atoms with van der Waals surface area (Å²) >= 11 is 0. The summed E-state index contributed by atoms with van der Waals surface area (Å²) in [6.07, 6.45) is 10.9. The van der Waals surface area contributed by atoms with E-state index in [-0.39, 0.29) is 5.41 Å². The largest absolute Gasteiger partial charge is 0.396 e. The first-order valence-corrected chi connectivity index (χ1v) is 8.06. The van der Waals surface area contributed by atoms with Crippen LogP contribution in [-0.4, -0.2) is 35.7 Å². The fraction of sp³-hybridized carbons (Fsp3) is 1.00. The Morgan fingerprint density at radius 2 is 1.94 bits per heavy atom. The molecule has 0 spiro atoms. The van der Waals surface area contributed by atoms with Gasteiger partial charge in [0.1, 0.15) is 0 Å². The molecule has 3 rings (SSSR count). The number of aliphatic hydroxyl groups is 1. The number of rotatable bonds is 6. The predicted octanol–water partition coefficient (Wildman–Crippen LogP) is 3.05. The third kappa shape index (κ3) is 3.08. The van der Waals surface area contributed by atoms with E-state index in [1.807, 2.05) is 0 Å². The van der Waals surface area contributed by atoms with Crippen molar-refractivity contribution in [1.29, 1.82) is 0 Å². The molecule has 2 heteroatoms. The molecule has 0 aromatic heterocycles. The van der Waals surface area contributed by atoms with Crippen LogP contribution >= 0.6 is 0 Å². The highest BCUT2D eigenvalue weighted by molar-refractivity contribution is 4.94. The molecule has 2 atom stereocenters. The standard InChI is InChI=1S/C16H29NO/c1-13-3-2-8-16(9-13,12-18)11-17(15-6-7-15)10-14-4-5-14/h13-15,18H,2-12H2,1H3. The monoisotopic (exact) mass is 251 g/mol. The molecule has 3 saturated carbocycles. The molecular formula is C16H29NO. The molecule has 18 heavy (non-hydrogen) atoms. The van der Waals surface area contributed by atoms with E-state index in [1.54, 1.807) is 0 Å². The van der Waals surface area contributed by atoms with Gasteiger partial charge in [-0.05, 0) is 50.4 Å². The number of aliphatic hydroxyl groups excluding tert-OH is 1. The molecule has 104 valence electrons. The van der Waals surface area contributed by atoms with Crippen LogP contribution in [0.4, 0.5) is 0 Å². The SMILES string of the molecule is CC1CCCC(CO)(CN(CC2CC2)C2CC2)C1. The summed E-state index contributed by atoms with van der Waals surface area (Å²) in [5, 5.41) is 9.93. The van der Waals surface area contributed by atoms with Gasteiger partial charge >= 0.3 is 0 Å². The molecule has 2 nitrogen and oxygen atoms in total. The second-order valence-corrected chi connectivity index (χ2v) is 7.46. The van der Waals surface area contributed by atoms with Crippen LogP contribution in [0.15, 0.2) is 0 Å². The maximum absolute atomic E-state index is 9.93. The molecule has 0 saturated heterocycles. The van der Waals surface area contributed by atoms with E-state index in [0.29, 0.717) is 6.61 Å². The fourth-order valence-electron chi connectivity index (χ4n) is 3.95. The molecule has 2 unspecified atom stereocenters. The van der Waals surface area contributed by atoms with Crippen LogP contribution in [0.5, 0.6) is 0 Å². The Bertz CT molecular complexity index is 285. The van der Waals surface area contributed by atoms with E-state index in [9.17, 15) is 5.11 Å². The zero-order chi connectivity index (χ0) is 12.6. The van der Waals surface area contributed by atoms with E-state index in [4.69, 9.17) is 0 Å². The Balaban J connectivity index is 1.62. The van der Waals surface area contributed by atoms with Gasteiger partial charge in [0.25, 0.3) is 0 Å². The first-order chi connectivity index (χ1) is 8.71. The normalized spacial score (nSPS) is 37.2. The lowest BCUT2D eigenvalue weighted by atomic mass is 9.70. The molecule has 1 N–H and O–H groups in total. The van der Waals surface area contributed by atoms with Crippen molar-refractivity contribution in [3.63, 3.8) is 0 Å². The zero-order valence-corrected chi connectivity index (χ0v) is 11.9. The van der Waals surface area contributed by atoms with Crippen molar-refractivity contribution in [3.8, 4) is 0 Å². The minimum atomic E-state index is 0.231. The lowest BCUT2D eigenvalue weighted by Crippen LogP contribution is -2.44. The second-order valence-electron chi connectivity index (χ2n) is 7.46. The number of hydrogen-bond acceptors (Lipinski definition) is 2. The Labute approximate surface area is 112 Å². The van der Waals surface area contributed by atoms with E-state index in [2.05, 4.69) is 11.8 Å². The Kier molecular flexibility index (Phi) is 3.68. The number of nitrogens with zero attached hydrogens (tertiary/aromatic N) is 1. The highest BCUT2D eigenvalue weighted by Gasteiger charge is 2.41. The van der Waals surface area contributed by atoms with Gasteiger partial charge < -0.3 is 5.11 Å². The van der Waals surface area contributed by atoms with Crippen molar-refractivity contribution in [3.05, 3.63) is 0 Å². The van der Waals surface area contributed by atoms with Crippen molar-refractivity contribution in [2.75, 3.05) is 19.7 Å². The predicted molar refractivity (Wildman–Crippen MR) is 74.5 cm³/mol. The van der Waals surface area contributed by atoms with Crippen LogP contribution in [-0.2, 0) is 0 Å². The highest BCUT2D eigenvalue weighted by atomic mass is 16.3. The first-order valence-electron chi connectivity index (χ1n) is 8.06. The van der Waals surface area contributed by atoms with Crippen LogP contribution in [0.3, 0.4) is 0 Å². The molecule has 0 aromatic rings. The summed E-state index contributed by atoms with van der Waals surface area (Å²) in [7, 11) is 0. The third-order valence-corrected chi connectivity index (χ3v) is 5.31. The Hall–Kier alpha value is -0.0800. The van der Waals surface area contributed by atoms with Crippen LogP contribution in [0.2, 0.25) is 0 Å². The first kappa shape index (κ1) is 12.9. The average Bonchev–Trinajstić information content (AvgIpc) is 3.21. The molecule has 0 radical (unpaired) electrons. The summed E-state index contributed by atoms with van der Waals surface area (Å²) < 4.78 is 0. The molecular weight excluding hydrogens is 222 g/mol. The summed E-state index contributed by atoms with van der Waals surface area (Å²) in [4.78, 5) is 2.74. The van der Waals surface area contributed by atoms with E-state index >= 15 is 0 Å². The highest BCUT2D eigenvalue weighted by Crippen LogP contribution is 2.43. The van der Waals surface area contributed by atoms with Gasteiger partial charge in [0.2, 0.25) is 0 Å². The quantitative estimate of drug-likeness (QED) is 0.784. The van der Waals surface area contributed by atoms with Crippen LogP contribution in [0.1, 0.15) is 58.3 Å². The van der Waals surface area contributed by atoms with Gasteiger partial charge in [-0.25, -0.2) is 0 Å². The minimum absolute atomic E-state index is 0.231. The summed E-state index contributed by atoms with van der Waals surface area (Å²) in [5.74, 6) is 1.80. The van der Waals surface area contributed by atoms with Crippen LogP contribution in [0, 0.1) is 17.3 Å². The summed E-state index contributed by atoms with van der Waals surface area (Å²) in [5.41, 5.74) is 0.231. The van der Waals surface area contributed by atoms with Gasteiger partial charge in [-0.2, -0.15) is 0 Å². The van der Waals surface area contributed by atoms with Gasteiger partial charge in [0.15, 0.2) is 0 Å². The molecule has 0 bridgehead atoms. The van der Waals surface area contributed by atoms with Crippen molar-refractivity contribution in [2.24, 2.45) is 17.3 Å². The van der Waals surface area contributed by atoms with Gasteiger partial charge in [0, 0.05) is 31.2 Å². The van der Waals surface area contributed by atoms with Gasteiger partial charge in [0.05, 0.1) is 0 Å². The average molecular weight is 251 g/mol. The molecule has 0 aliphatic heterocycles. The lowest BCUT2D eigenvalue weighted by Gasteiger charge is -2.42. The van der Waals surface area contributed by atoms with Crippen molar-refractivity contribution in [1.82, 2.24) is 4.90 Å². The number of hydrogen-bond donors (Lipinski definition) is 1. The Morgan fingerprint density at radius 1 is 1.17 bits per heavy atom. The third-order valence-electron chi connectivity index (χ3n) is 5.31. The second kappa shape index (κ2) is 5.13. The van der Waals surface area contributed by atoms with Crippen LogP contribution in [0.25, 0.3) is 0 Å². The van der Waals surface area contributed by atoms with E-state index < -0.39 is 0 Å². The molecule has 0 aromatic carbocycles. The Morgan fingerprint density at radius 3 is 2.50 bits per heavy atom. The lowest BCUT2D eigenvalue weighted by molar-refractivity contribution is 0.0200. The van der Waals surface area contributed by atoms with Crippen LogP contribution < -0.4 is 0 Å². The van der Waals surface area contributed by atoms with Gasteiger partial charge in [-0.3, -0.25) is 4.90 Å². The topological polar surface area (TPSA) is 23.5 Å².